The number of nitrogens with zero attached hydrogens (tertiary/aromatic N) is 3. The van der Waals surface area contributed by atoms with Crippen LogP contribution in [0.4, 0.5) is 13.2 Å². The van der Waals surface area contributed by atoms with E-state index in [2.05, 4.69) is 9.98 Å². The van der Waals surface area contributed by atoms with Crippen LogP contribution in [0.3, 0.4) is 0 Å². The number of pyridine rings is 1. The normalized spacial score (nSPS) is 23.2. The summed E-state index contributed by atoms with van der Waals surface area (Å²) in [6, 6.07) is 8.19. The number of nitriles is 1. The molecule has 0 fully saturated rings. The molecule has 30 heavy (non-hydrogen) atoms. The summed E-state index contributed by atoms with van der Waals surface area (Å²) < 4.78 is 48.0. The summed E-state index contributed by atoms with van der Waals surface area (Å²) >= 11 is 0. The summed E-state index contributed by atoms with van der Waals surface area (Å²) in [4.78, 5) is 20.4. The summed E-state index contributed by atoms with van der Waals surface area (Å²) in [6.07, 6.45) is 0.296. The molecule has 2 aromatic rings. The third-order valence-corrected chi connectivity index (χ3v) is 5.21. The molecule has 0 spiro atoms. The highest BCUT2D eigenvalue weighted by Crippen LogP contribution is 2.42. The molecule has 0 radical (unpaired) electrons. The molecule has 3 rings (SSSR count). The van der Waals surface area contributed by atoms with Crippen LogP contribution >= 0.6 is 0 Å². The molecule has 1 aliphatic rings. The predicted octanol–water partition coefficient (Wildman–Crippen LogP) is 3.00. The van der Waals surface area contributed by atoms with Crippen LogP contribution in [-0.4, -0.2) is 36.2 Å². The van der Waals surface area contributed by atoms with Crippen LogP contribution in [0.25, 0.3) is 0 Å². The molecule has 156 valence electrons. The number of benzene rings is 1. The van der Waals surface area contributed by atoms with Gasteiger partial charge in [0, 0.05) is 18.2 Å². The lowest BCUT2D eigenvalue weighted by Crippen LogP contribution is -2.50. The fourth-order valence-electron chi connectivity index (χ4n) is 3.60. The molecule has 6 nitrogen and oxygen atoms in total. The fraction of sp³-hybridized carbons (Fsp3) is 0.333. The topological polar surface area (TPSA) is 101 Å². The number of halogens is 3. The Balaban J connectivity index is 1.98. The zero-order valence-corrected chi connectivity index (χ0v) is 16.1. The zero-order chi connectivity index (χ0) is 21.9. The van der Waals surface area contributed by atoms with Gasteiger partial charge in [0.25, 0.3) is 6.02 Å². The maximum absolute atomic E-state index is 14.7. The minimum Gasteiger partial charge on any atom is -0.462 e. The Bertz CT molecular complexity index is 1020. The minimum atomic E-state index is -1.90. The molecule has 9 heteroatoms. The lowest BCUT2D eigenvalue weighted by Gasteiger charge is -2.41. The van der Waals surface area contributed by atoms with Crippen LogP contribution in [0.5, 0.6) is 0 Å². The largest absolute Gasteiger partial charge is 0.462 e. The molecular weight excluding hydrogens is 397 g/mol. The van der Waals surface area contributed by atoms with Gasteiger partial charge >= 0.3 is 0 Å². The van der Waals surface area contributed by atoms with Crippen molar-refractivity contribution in [3.05, 3.63) is 64.7 Å². The van der Waals surface area contributed by atoms with Crippen LogP contribution in [0.15, 0.2) is 41.5 Å². The van der Waals surface area contributed by atoms with E-state index in [0.29, 0.717) is 11.1 Å². The van der Waals surface area contributed by atoms with Gasteiger partial charge in [0.15, 0.2) is 5.78 Å². The van der Waals surface area contributed by atoms with Crippen molar-refractivity contribution in [2.75, 3.05) is 13.3 Å². The number of alkyl halides is 2. The highest BCUT2D eigenvalue weighted by molar-refractivity contribution is 5.95. The number of Topliss-reactive ketones (excluding diaryl/α,β-unsaturated/α-hetero) is 1. The van der Waals surface area contributed by atoms with Crippen molar-refractivity contribution < 1.29 is 22.7 Å². The maximum atomic E-state index is 14.7. The Morgan fingerprint density at radius 1 is 1.33 bits per heavy atom. The van der Waals surface area contributed by atoms with Crippen molar-refractivity contribution in [3.63, 3.8) is 0 Å². The number of carbonyl (C=O) groups is 1. The molecule has 1 aromatic heterocycles. The van der Waals surface area contributed by atoms with Crippen LogP contribution in [0, 0.1) is 23.1 Å². The average molecular weight is 416 g/mol. The first-order valence-corrected chi connectivity index (χ1v) is 9.16. The van der Waals surface area contributed by atoms with Crippen LogP contribution in [0.2, 0.25) is 0 Å². The van der Waals surface area contributed by atoms with Gasteiger partial charge in [-0.3, -0.25) is 14.2 Å². The number of nitrogens with two attached hydrogens (primary N) is 1. The van der Waals surface area contributed by atoms with E-state index >= 15 is 0 Å². The van der Waals surface area contributed by atoms with Crippen molar-refractivity contribution in [3.8, 4) is 6.07 Å². The van der Waals surface area contributed by atoms with E-state index in [-0.39, 0.29) is 29.5 Å². The van der Waals surface area contributed by atoms with Crippen molar-refractivity contribution in [1.82, 2.24) is 4.98 Å². The van der Waals surface area contributed by atoms with Crippen LogP contribution in [0.1, 0.15) is 34.1 Å². The lowest BCUT2D eigenvalue weighted by molar-refractivity contribution is 0.0241. The van der Waals surface area contributed by atoms with E-state index in [4.69, 9.17) is 15.7 Å². The Kier molecular flexibility index (Phi) is 6.06. The monoisotopic (exact) mass is 416 g/mol. The van der Waals surface area contributed by atoms with Gasteiger partial charge in [-0.25, -0.2) is 13.8 Å². The highest BCUT2D eigenvalue weighted by Gasteiger charge is 2.49. The number of amidine groups is 1. The number of rotatable bonds is 6. The van der Waals surface area contributed by atoms with Crippen molar-refractivity contribution in [1.29, 1.82) is 5.26 Å². The molecule has 3 atom stereocenters. The summed E-state index contributed by atoms with van der Waals surface area (Å²) in [5, 5.41) is 8.81. The first-order chi connectivity index (χ1) is 14.3. The molecule has 1 aliphatic heterocycles. The fourth-order valence-corrected chi connectivity index (χ4v) is 3.60. The van der Waals surface area contributed by atoms with E-state index in [0.717, 1.165) is 6.07 Å². The SMILES string of the molecule is C[C@@H]1OC(N)=N[C@@](CF)(c2cc(CC(=O)c3ccc(C#N)cn3)ccc2F)[C@@H]1CF. The van der Waals surface area contributed by atoms with Gasteiger partial charge in [-0.05, 0) is 36.8 Å². The number of carbonyl (C=O) groups excluding carboxylic acids is 1. The third-order valence-electron chi connectivity index (χ3n) is 5.21. The van der Waals surface area contributed by atoms with E-state index < -0.39 is 36.7 Å². The van der Waals surface area contributed by atoms with Gasteiger partial charge in [-0.15, -0.1) is 0 Å². The first-order valence-electron chi connectivity index (χ1n) is 9.16. The maximum Gasteiger partial charge on any atom is 0.283 e. The minimum absolute atomic E-state index is 0.128. The molecule has 0 aliphatic carbocycles. The zero-order valence-electron chi connectivity index (χ0n) is 16.1. The van der Waals surface area contributed by atoms with Crippen LogP contribution < -0.4 is 5.73 Å². The summed E-state index contributed by atoms with van der Waals surface area (Å²) in [5.41, 5.74) is 4.35. The van der Waals surface area contributed by atoms with E-state index in [1.54, 1.807) is 0 Å². The summed E-state index contributed by atoms with van der Waals surface area (Å²) in [7, 11) is 0. The number of hydrogen-bond acceptors (Lipinski definition) is 6. The number of aliphatic imine (C=N–C) groups is 1. The first kappa shape index (κ1) is 21.3. The van der Waals surface area contributed by atoms with Crippen molar-refractivity contribution in [2.45, 2.75) is 25.0 Å². The Morgan fingerprint density at radius 2 is 2.10 bits per heavy atom. The second-order valence-corrected chi connectivity index (χ2v) is 7.05. The second kappa shape index (κ2) is 8.53. The van der Waals surface area contributed by atoms with Crippen LogP contribution in [-0.2, 0) is 16.7 Å². The highest BCUT2D eigenvalue weighted by atomic mass is 19.1. The van der Waals surface area contributed by atoms with E-state index in [1.165, 1.54) is 37.4 Å². The number of hydrogen-bond donors (Lipinski definition) is 1. The van der Waals surface area contributed by atoms with E-state index in [9.17, 15) is 18.0 Å². The van der Waals surface area contributed by atoms with Gasteiger partial charge in [0.1, 0.15) is 35.9 Å². The van der Waals surface area contributed by atoms with Gasteiger partial charge in [-0.1, -0.05) is 6.07 Å². The number of ether oxygens (including phenoxy) is 1. The Labute approximate surface area is 171 Å². The quantitative estimate of drug-likeness (QED) is 0.730. The molecule has 0 saturated carbocycles. The van der Waals surface area contributed by atoms with Gasteiger partial charge < -0.3 is 10.5 Å². The summed E-state index contributed by atoms with van der Waals surface area (Å²) in [5.74, 6) is -2.27. The summed E-state index contributed by atoms with van der Waals surface area (Å²) in [6.45, 7) is -0.681. The number of ketones is 1. The molecule has 0 saturated heterocycles. The molecule has 0 amide bonds. The van der Waals surface area contributed by atoms with Gasteiger partial charge in [0.05, 0.1) is 18.2 Å². The van der Waals surface area contributed by atoms with Crippen molar-refractivity contribution >= 4 is 11.8 Å². The second-order valence-electron chi connectivity index (χ2n) is 7.05. The van der Waals surface area contributed by atoms with Gasteiger partial charge in [-0.2, -0.15) is 5.26 Å². The molecule has 1 aromatic carbocycles. The molecular formula is C21H19F3N4O2. The molecule has 0 bridgehead atoms. The Hall–Kier alpha value is -3.41. The molecule has 2 N–H and O–H groups in total. The standard InChI is InChI=1S/C21H19F3N4O2/c1-12-16(8-22)21(11-23,28-20(26)30-12)15-6-13(2-4-17(15)24)7-19(29)18-5-3-14(9-25)10-27-18/h2-6,10,12,16H,7-8,11H2,1H3,(H2,26,28)/t12-,16+,21-/m0/s1. The Morgan fingerprint density at radius 3 is 2.70 bits per heavy atom. The molecule has 0 unspecified atom stereocenters. The number of aromatic nitrogens is 1. The predicted molar refractivity (Wildman–Crippen MR) is 103 cm³/mol. The van der Waals surface area contributed by atoms with Crippen molar-refractivity contribution in [2.24, 2.45) is 16.6 Å². The third kappa shape index (κ3) is 3.85. The smallest absolute Gasteiger partial charge is 0.283 e. The lowest BCUT2D eigenvalue weighted by atomic mass is 9.75. The van der Waals surface area contributed by atoms with Gasteiger partial charge in [0.2, 0.25) is 0 Å². The van der Waals surface area contributed by atoms with E-state index in [1.807, 2.05) is 6.07 Å². The average Bonchev–Trinajstić information content (AvgIpc) is 2.74. The molecule has 2 heterocycles.